The van der Waals surface area contributed by atoms with E-state index in [-0.39, 0.29) is 28.9 Å². The maximum atomic E-state index is 13.1. The van der Waals surface area contributed by atoms with E-state index in [1.54, 1.807) is 23.9 Å². The monoisotopic (exact) mass is 370 g/mol. The fourth-order valence-corrected chi connectivity index (χ4v) is 3.04. The number of amides is 1. The van der Waals surface area contributed by atoms with Gasteiger partial charge in [-0.3, -0.25) is 14.0 Å². The average molecular weight is 370 g/mol. The lowest BCUT2D eigenvalue weighted by atomic mass is 10.1. The fourth-order valence-electron chi connectivity index (χ4n) is 3.04. The maximum Gasteiger partial charge on any atom is 0.278 e. The molecule has 3 N–H and O–H groups in total. The number of hydrogen-bond donors (Lipinski definition) is 2. The third-order valence-corrected chi connectivity index (χ3v) is 4.36. The second-order valence-corrected chi connectivity index (χ2v) is 6.75. The largest absolute Gasteiger partial charge is 0.381 e. The van der Waals surface area contributed by atoms with E-state index < -0.39 is 0 Å². The Labute approximate surface area is 156 Å². The molecule has 142 valence electrons. The number of methoxy groups -OCH3 is 1. The molecule has 0 aliphatic rings. The van der Waals surface area contributed by atoms with E-state index in [0.29, 0.717) is 29.8 Å². The Morgan fingerprint density at radius 2 is 2.19 bits per heavy atom. The highest BCUT2D eigenvalue weighted by molar-refractivity contribution is 6.00. The topological polar surface area (TPSA) is 103 Å². The number of aromatic nitrogens is 3. The van der Waals surface area contributed by atoms with Crippen LogP contribution in [-0.4, -0.2) is 35.1 Å². The zero-order chi connectivity index (χ0) is 19.7. The van der Waals surface area contributed by atoms with Gasteiger partial charge in [0.25, 0.3) is 17.1 Å². The molecule has 3 heterocycles. The summed E-state index contributed by atoms with van der Waals surface area (Å²) in [6, 6.07) is 5.15. The van der Waals surface area contributed by atoms with Gasteiger partial charge in [-0.2, -0.15) is 0 Å². The summed E-state index contributed by atoms with van der Waals surface area (Å²) in [4.78, 5) is 30.4. The Kier molecular flexibility index (Phi) is 5.09. The number of rotatable bonds is 5. The quantitative estimate of drug-likeness (QED) is 0.511. The van der Waals surface area contributed by atoms with Crippen LogP contribution in [0.15, 0.2) is 29.2 Å². The van der Waals surface area contributed by atoms with E-state index in [0.717, 1.165) is 5.56 Å². The molecule has 0 atom stereocenters. The second kappa shape index (κ2) is 7.32. The second-order valence-electron chi connectivity index (χ2n) is 6.75. The van der Waals surface area contributed by atoms with Gasteiger partial charge >= 0.3 is 0 Å². The van der Waals surface area contributed by atoms with E-state index in [2.05, 4.69) is 10.3 Å². The number of nitrogens with zero attached hydrogens (tertiary/aromatic N) is 3. The molecular weight excluding hydrogens is 346 g/mol. The highest BCUT2D eigenvalue weighted by atomic mass is 16.5. The van der Waals surface area contributed by atoms with Crippen molar-refractivity contribution in [1.82, 2.24) is 14.7 Å². The van der Waals surface area contributed by atoms with E-state index in [9.17, 15) is 9.59 Å². The molecule has 0 bridgehead atoms. The smallest absolute Gasteiger partial charge is 0.278 e. The molecule has 0 unspecified atom stereocenters. The molecule has 0 aromatic carbocycles. The van der Waals surface area contributed by atoms with Crippen molar-refractivity contribution in [2.45, 2.75) is 33.4 Å². The van der Waals surface area contributed by atoms with Crippen molar-refractivity contribution in [1.29, 1.82) is 0 Å². The first kappa shape index (κ1) is 18.8. The molecule has 3 rings (SSSR count). The van der Waals surface area contributed by atoms with Crippen LogP contribution in [0.2, 0.25) is 0 Å². The third kappa shape index (κ3) is 3.35. The van der Waals surface area contributed by atoms with Crippen molar-refractivity contribution in [2.75, 3.05) is 19.5 Å². The maximum absolute atomic E-state index is 13.1. The molecule has 1 amide bonds. The summed E-state index contributed by atoms with van der Waals surface area (Å²) in [6.45, 7) is 6.35. The minimum Gasteiger partial charge on any atom is -0.381 e. The van der Waals surface area contributed by atoms with Crippen LogP contribution in [0.3, 0.4) is 0 Å². The molecule has 0 spiro atoms. The molecular formula is C19H24N5O3+. The van der Waals surface area contributed by atoms with E-state index in [1.807, 2.05) is 26.8 Å². The van der Waals surface area contributed by atoms with Gasteiger partial charge in [-0.15, -0.1) is 0 Å². The Morgan fingerprint density at radius 3 is 2.85 bits per heavy atom. The number of nitrogens with two attached hydrogens (primary N) is 1. The van der Waals surface area contributed by atoms with Crippen LogP contribution in [-0.2, 0) is 11.3 Å². The highest BCUT2D eigenvalue weighted by Crippen LogP contribution is 2.16. The summed E-state index contributed by atoms with van der Waals surface area (Å²) in [6.07, 6.45) is 1.67. The van der Waals surface area contributed by atoms with E-state index >= 15 is 0 Å². The van der Waals surface area contributed by atoms with Gasteiger partial charge in [0.15, 0.2) is 0 Å². The summed E-state index contributed by atoms with van der Waals surface area (Å²) in [7, 11) is 1.58. The Balaban J connectivity index is 2.39. The van der Waals surface area contributed by atoms with Gasteiger partial charge in [0.1, 0.15) is 10.9 Å². The first-order valence-electron chi connectivity index (χ1n) is 8.79. The zero-order valence-corrected chi connectivity index (χ0v) is 15.9. The van der Waals surface area contributed by atoms with Gasteiger partial charge < -0.3 is 15.8 Å². The normalized spacial score (nSPS) is 11.4. The molecule has 3 aromatic rings. The molecule has 3 aromatic heterocycles. The minimum absolute atomic E-state index is 0.0569. The number of pyridine rings is 2. The van der Waals surface area contributed by atoms with E-state index in [1.165, 1.54) is 10.5 Å². The van der Waals surface area contributed by atoms with Crippen LogP contribution in [0, 0.1) is 6.92 Å². The summed E-state index contributed by atoms with van der Waals surface area (Å²) in [5.74, 6) is -0.0770. The zero-order valence-electron chi connectivity index (χ0n) is 15.9. The van der Waals surface area contributed by atoms with Crippen molar-refractivity contribution in [2.24, 2.45) is 0 Å². The molecule has 0 aliphatic heterocycles. The van der Waals surface area contributed by atoms with Gasteiger partial charge in [-0.25, -0.2) is 4.57 Å². The highest BCUT2D eigenvalue weighted by Gasteiger charge is 2.24. The Morgan fingerprint density at radius 1 is 1.44 bits per heavy atom. The van der Waals surface area contributed by atoms with Crippen molar-refractivity contribution in [3.05, 3.63) is 45.9 Å². The predicted octanol–water partition coefficient (Wildman–Crippen LogP) is 0.810. The lowest BCUT2D eigenvalue weighted by Crippen LogP contribution is -2.44. The van der Waals surface area contributed by atoms with Gasteiger partial charge in [0.05, 0.1) is 13.2 Å². The molecule has 0 radical (unpaired) electrons. The first-order valence-corrected chi connectivity index (χ1v) is 8.79. The first-order chi connectivity index (χ1) is 12.8. The van der Waals surface area contributed by atoms with Crippen molar-refractivity contribution in [3.63, 3.8) is 0 Å². The van der Waals surface area contributed by atoms with Crippen LogP contribution >= 0.6 is 0 Å². The number of fused-ring (bicyclic) bond motifs is 2. The summed E-state index contributed by atoms with van der Waals surface area (Å²) in [5.41, 5.74) is 8.16. The SMILES string of the molecule is COCC[n+]1c(N)c(C(=O)NC(C)C)cc2c(=O)n3cccc(C)c3nc21. The number of carbonyl (C=O) groups excluding carboxylic acids is 1. The molecule has 27 heavy (non-hydrogen) atoms. The Bertz CT molecular complexity index is 1090. The number of carbonyl (C=O) groups is 1. The lowest BCUT2D eigenvalue weighted by molar-refractivity contribution is -0.660. The number of aryl methyl sites for hydroxylation is 1. The van der Waals surface area contributed by atoms with Crippen molar-refractivity contribution < 1.29 is 14.1 Å². The Hall–Kier alpha value is -3.00. The van der Waals surface area contributed by atoms with Gasteiger partial charge in [-0.05, 0) is 32.9 Å². The van der Waals surface area contributed by atoms with Crippen LogP contribution in [0.5, 0.6) is 0 Å². The fraction of sp³-hybridized carbons (Fsp3) is 0.368. The predicted molar refractivity (Wildman–Crippen MR) is 103 cm³/mol. The molecule has 8 nitrogen and oxygen atoms in total. The molecule has 0 fully saturated rings. The summed E-state index contributed by atoms with van der Waals surface area (Å²) in [5, 5.41) is 3.15. The van der Waals surface area contributed by atoms with Crippen molar-refractivity contribution >= 4 is 28.4 Å². The number of nitrogen functional groups attached to an aromatic ring is 1. The van der Waals surface area contributed by atoms with Crippen LogP contribution in [0.1, 0.15) is 29.8 Å². The molecule has 8 heteroatoms. The summed E-state index contributed by atoms with van der Waals surface area (Å²) < 4.78 is 8.32. The standard InChI is InChI=1S/C19H23N5O3/c1-11(2)21-18(25)13-10-14-17(23(15(13)20)8-9-27-4)22-16-12(3)6-5-7-24(16)19(14)26/h5-7,10-11,20H,8-9H2,1-4H3,(H,21,25)/p+1. The van der Waals surface area contributed by atoms with Gasteiger partial charge in [0.2, 0.25) is 11.5 Å². The number of hydrogen-bond acceptors (Lipinski definition) is 5. The van der Waals surface area contributed by atoms with Crippen LogP contribution in [0.4, 0.5) is 5.82 Å². The van der Waals surface area contributed by atoms with Crippen molar-refractivity contribution in [3.8, 4) is 0 Å². The minimum atomic E-state index is -0.329. The van der Waals surface area contributed by atoms with Crippen LogP contribution in [0.25, 0.3) is 16.7 Å². The molecule has 0 aliphatic carbocycles. The summed E-state index contributed by atoms with van der Waals surface area (Å²) >= 11 is 0. The number of ether oxygens (including phenoxy) is 1. The molecule has 0 saturated carbocycles. The van der Waals surface area contributed by atoms with E-state index in [4.69, 9.17) is 10.5 Å². The average Bonchev–Trinajstić information content (AvgIpc) is 2.61. The molecule has 0 saturated heterocycles. The van der Waals surface area contributed by atoms with Gasteiger partial charge in [-0.1, -0.05) is 11.1 Å². The lowest BCUT2D eigenvalue weighted by Gasteiger charge is -2.13. The van der Waals surface area contributed by atoms with Crippen LogP contribution < -0.4 is 21.2 Å². The van der Waals surface area contributed by atoms with Gasteiger partial charge in [0, 0.05) is 24.9 Å². The third-order valence-electron chi connectivity index (χ3n) is 4.36. The number of anilines is 1. The number of nitrogens with one attached hydrogen (secondary N) is 1.